The number of nitriles is 1. The van der Waals surface area contributed by atoms with Gasteiger partial charge in [0.2, 0.25) is 0 Å². The molecule has 0 saturated heterocycles. The molecule has 1 aliphatic rings. The normalized spacial score (nSPS) is 12.9. The predicted molar refractivity (Wildman–Crippen MR) is 173 cm³/mol. The lowest BCUT2D eigenvalue weighted by molar-refractivity contribution is 0.686. The van der Waals surface area contributed by atoms with E-state index in [1.165, 1.54) is 41.8 Å². The van der Waals surface area contributed by atoms with Gasteiger partial charge in [-0.05, 0) is 101 Å². The van der Waals surface area contributed by atoms with E-state index in [-0.39, 0.29) is 0 Å². The van der Waals surface area contributed by atoms with Crippen molar-refractivity contribution in [3.05, 3.63) is 149 Å². The summed E-state index contributed by atoms with van der Waals surface area (Å²) in [6, 6.07) is 45.3. The van der Waals surface area contributed by atoms with Crippen LogP contribution in [-0.2, 0) is 12.8 Å². The zero-order valence-electron chi connectivity index (χ0n) is 22.9. The molecule has 2 heteroatoms. The molecule has 0 radical (unpaired) electrons. The molecule has 0 N–H and O–H groups in total. The summed E-state index contributed by atoms with van der Waals surface area (Å²) in [4.78, 5) is 2.40. The van der Waals surface area contributed by atoms with Gasteiger partial charge in [0, 0.05) is 27.8 Å². The maximum Gasteiger partial charge on any atom is 0.100 e. The largest absolute Gasteiger partial charge is 0.310 e. The van der Waals surface area contributed by atoms with Gasteiger partial charge in [0.25, 0.3) is 0 Å². The van der Waals surface area contributed by atoms with Crippen LogP contribution in [0.4, 0.5) is 17.1 Å². The average molecular weight is 527 g/mol. The molecule has 0 spiro atoms. The van der Waals surface area contributed by atoms with Gasteiger partial charge in [0.05, 0.1) is 5.56 Å². The first kappa shape index (κ1) is 24.9. The van der Waals surface area contributed by atoms with Crippen molar-refractivity contribution in [3.8, 4) is 6.07 Å². The number of hydrogen-bond acceptors (Lipinski definition) is 2. The van der Waals surface area contributed by atoms with Crippen molar-refractivity contribution in [2.75, 3.05) is 4.90 Å². The lowest BCUT2D eigenvalue weighted by Crippen LogP contribution is -2.15. The van der Waals surface area contributed by atoms with Crippen LogP contribution in [0.1, 0.15) is 40.7 Å². The number of hydrogen-bond donors (Lipinski definition) is 0. The van der Waals surface area contributed by atoms with Crippen molar-refractivity contribution in [2.24, 2.45) is 0 Å². The van der Waals surface area contributed by atoms with Crippen LogP contribution >= 0.6 is 0 Å². The summed E-state index contributed by atoms with van der Waals surface area (Å²) in [6.45, 7) is 0. The van der Waals surface area contributed by atoms with Gasteiger partial charge >= 0.3 is 0 Å². The molecule has 0 unspecified atom stereocenters. The summed E-state index contributed by atoms with van der Waals surface area (Å²) in [5.41, 5.74) is 9.60. The number of nitrogens with zero attached hydrogens (tertiary/aromatic N) is 2. The second kappa shape index (κ2) is 10.8. The van der Waals surface area contributed by atoms with Crippen molar-refractivity contribution < 1.29 is 0 Å². The molecule has 0 heterocycles. The van der Waals surface area contributed by atoms with Crippen LogP contribution in [0.2, 0.25) is 0 Å². The lowest BCUT2D eigenvalue weighted by Gasteiger charge is -2.30. The fourth-order valence-electron chi connectivity index (χ4n) is 6.22. The Morgan fingerprint density at radius 3 is 2.15 bits per heavy atom. The first-order chi connectivity index (χ1) is 20.3. The minimum absolute atomic E-state index is 0.742. The van der Waals surface area contributed by atoms with E-state index in [2.05, 4.69) is 126 Å². The molecule has 6 aromatic carbocycles. The topological polar surface area (TPSA) is 27.0 Å². The molecule has 7 rings (SSSR count). The highest BCUT2D eigenvalue weighted by Gasteiger charge is 2.19. The maximum absolute atomic E-state index is 9.85. The van der Waals surface area contributed by atoms with Crippen LogP contribution in [0, 0.1) is 11.3 Å². The van der Waals surface area contributed by atoms with Crippen molar-refractivity contribution in [2.45, 2.75) is 25.7 Å². The number of anilines is 3. The standard InChI is InChI=1S/C39H30N2/c40-27-38-35-14-6-5-10-31(35)26-32-25-29(21-24-36(32)38)18-17-28-19-22-34(23-20-28)41(33-12-2-1-3-13-33)39-16-8-11-30-9-4-7-15-37(30)39/h1-3,5-6,8,10-14,16-26H,4,7,9,15H2/b18-17+. The Balaban J connectivity index is 1.21. The van der Waals surface area contributed by atoms with Gasteiger partial charge in [-0.3, -0.25) is 0 Å². The van der Waals surface area contributed by atoms with Gasteiger partial charge in [-0.2, -0.15) is 5.26 Å². The predicted octanol–water partition coefficient (Wildman–Crippen LogP) is 10.4. The van der Waals surface area contributed by atoms with Gasteiger partial charge in [-0.25, -0.2) is 0 Å². The zero-order valence-corrected chi connectivity index (χ0v) is 22.9. The third-order valence-electron chi connectivity index (χ3n) is 8.24. The van der Waals surface area contributed by atoms with Gasteiger partial charge in [-0.15, -0.1) is 0 Å². The minimum Gasteiger partial charge on any atom is -0.310 e. The molecule has 1 aliphatic carbocycles. The summed E-state index contributed by atoms with van der Waals surface area (Å²) in [6.07, 6.45) is 9.13. The Morgan fingerprint density at radius 1 is 0.585 bits per heavy atom. The summed E-state index contributed by atoms with van der Waals surface area (Å²) < 4.78 is 0. The van der Waals surface area contributed by atoms with E-state index in [0.29, 0.717) is 0 Å². The molecule has 0 amide bonds. The van der Waals surface area contributed by atoms with E-state index < -0.39 is 0 Å². The SMILES string of the molecule is N#Cc1c2ccccc2cc2cc(/C=C/c3ccc(N(c4ccccc4)c4cccc5c4CCCC5)cc3)ccc12. The minimum atomic E-state index is 0.742. The first-order valence-electron chi connectivity index (χ1n) is 14.4. The Bertz CT molecular complexity index is 1940. The molecule has 0 atom stereocenters. The molecule has 6 aromatic rings. The fraction of sp³-hybridized carbons (Fsp3) is 0.103. The highest BCUT2D eigenvalue weighted by Crippen LogP contribution is 2.40. The van der Waals surface area contributed by atoms with E-state index in [0.717, 1.165) is 50.3 Å². The van der Waals surface area contributed by atoms with Crippen molar-refractivity contribution in [1.82, 2.24) is 0 Å². The molecule has 0 saturated carbocycles. The highest BCUT2D eigenvalue weighted by molar-refractivity contribution is 6.05. The molecular weight excluding hydrogens is 496 g/mol. The van der Waals surface area contributed by atoms with Gasteiger partial charge in [0.1, 0.15) is 6.07 Å². The molecule has 0 aliphatic heterocycles. The van der Waals surface area contributed by atoms with Crippen molar-refractivity contribution >= 4 is 50.8 Å². The van der Waals surface area contributed by atoms with Crippen LogP contribution in [0.3, 0.4) is 0 Å². The Kier molecular flexibility index (Phi) is 6.55. The number of benzene rings is 6. The molecule has 41 heavy (non-hydrogen) atoms. The maximum atomic E-state index is 9.85. The van der Waals surface area contributed by atoms with Gasteiger partial charge in [0.15, 0.2) is 0 Å². The molecular formula is C39H30N2. The molecule has 0 bridgehead atoms. The first-order valence-corrected chi connectivity index (χ1v) is 14.4. The molecule has 2 nitrogen and oxygen atoms in total. The monoisotopic (exact) mass is 526 g/mol. The highest BCUT2D eigenvalue weighted by atomic mass is 15.1. The summed E-state index contributed by atoms with van der Waals surface area (Å²) >= 11 is 0. The van der Waals surface area contributed by atoms with Crippen LogP contribution in [-0.4, -0.2) is 0 Å². The van der Waals surface area contributed by atoms with Gasteiger partial charge < -0.3 is 4.90 Å². The third kappa shape index (κ3) is 4.77. The van der Waals surface area contributed by atoms with Crippen LogP contribution in [0.5, 0.6) is 0 Å². The number of para-hydroxylation sites is 1. The number of aryl methyl sites for hydroxylation is 1. The van der Waals surface area contributed by atoms with Crippen molar-refractivity contribution in [3.63, 3.8) is 0 Å². The van der Waals surface area contributed by atoms with Crippen LogP contribution in [0.15, 0.2) is 121 Å². The van der Waals surface area contributed by atoms with Crippen molar-refractivity contribution in [1.29, 1.82) is 5.26 Å². The number of rotatable bonds is 5. The smallest absolute Gasteiger partial charge is 0.100 e. The quantitative estimate of drug-likeness (QED) is 0.165. The van der Waals surface area contributed by atoms with Crippen LogP contribution in [0.25, 0.3) is 33.7 Å². The summed E-state index contributed by atoms with van der Waals surface area (Å²) in [7, 11) is 0. The van der Waals surface area contributed by atoms with Crippen LogP contribution < -0.4 is 4.90 Å². The Morgan fingerprint density at radius 2 is 1.29 bits per heavy atom. The van der Waals surface area contributed by atoms with E-state index in [4.69, 9.17) is 0 Å². The second-order valence-corrected chi connectivity index (χ2v) is 10.8. The molecule has 0 aromatic heterocycles. The molecule has 196 valence electrons. The Hall–Kier alpha value is -5.13. The third-order valence-corrected chi connectivity index (χ3v) is 8.24. The molecule has 0 fully saturated rings. The average Bonchev–Trinajstić information content (AvgIpc) is 3.04. The summed E-state index contributed by atoms with van der Waals surface area (Å²) in [5, 5.41) is 14.0. The van der Waals surface area contributed by atoms with Gasteiger partial charge in [-0.1, -0.05) is 91.0 Å². The second-order valence-electron chi connectivity index (χ2n) is 10.8. The fourth-order valence-corrected chi connectivity index (χ4v) is 6.22. The number of fused-ring (bicyclic) bond motifs is 3. The van der Waals surface area contributed by atoms with E-state index in [1.54, 1.807) is 0 Å². The van der Waals surface area contributed by atoms with E-state index in [1.807, 2.05) is 18.2 Å². The van der Waals surface area contributed by atoms with E-state index in [9.17, 15) is 5.26 Å². The van der Waals surface area contributed by atoms with E-state index >= 15 is 0 Å². The Labute approximate surface area is 241 Å². The summed E-state index contributed by atoms with van der Waals surface area (Å²) in [5.74, 6) is 0. The zero-order chi connectivity index (χ0) is 27.6. The lowest BCUT2D eigenvalue weighted by atomic mass is 9.90.